The van der Waals surface area contributed by atoms with Crippen LogP contribution in [0.25, 0.3) is 0 Å². The molecular formula is C13H10BrFN2O2. The number of nitrogens with one attached hydrogen (secondary N) is 1. The van der Waals surface area contributed by atoms with Crippen molar-refractivity contribution in [3.05, 3.63) is 34.1 Å². The van der Waals surface area contributed by atoms with Crippen LogP contribution in [0, 0.1) is 23.1 Å². The van der Waals surface area contributed by atoms with Gasteiger partial charge in [-0.1, -0.05) is 15.9 Å². The minimum atomic E-state index is -1.44. The second-order valence-electron chi connectivity index (χ2n) is 4.37. The van der Waals surface area contributed by atoms with Crippen molar-refractivity contribution in [1.29, 1.82) is 5.26 Å². The van der Waals surface area contributed by atoms with E-state index in [-0.39, 0.29) is 11.6 Å². The lowest BCUT2D eigenvalue weighted by Gasteiger charge is -2.09. The van der Waals surface area contributed by atoms with E-state index in [2.05, 4.69) is 21.2 Å². The summed E-state index contributed by atoms with van der Waals surface area (Å²) in [4.78, 5) is 23.8. The number of rotatable bonds is 4. The highest BCUT2D eigenvalue weighted by molar-refractivity contribution is 9.10. The van der Waals surface area contributed by atoms with Gasteiger partial charge >= 0.3 is 0 Å². The topological polar surface area (TPSA) is 70.0 Å². The van der Waals surface area contributed by atoms with Crippen molar-refractivity contribution >= 4 is 27.6 Å². The van der Waals surface area contributed by atoms with E-state index in [1.54, 1.807) is 6.07 Å². The van der Waals surface area contributed by atoms with Crippen LogP contribution in [0.3, 0.4) is 0 Å². The minimum absolute atomic E-state index is 0.00405. The van der Waals surface area contributed by atoms with Gasteiger partial charge in [-0.05, 0) is 31.0 Å². The fraction of sp³-hybridized carbons (Fsp3) is 0.308. The first-order valence-corrected chi connectivity index (χ1v) is 6.51. The molecule has 98 valence electrons. The van der Waals surface area contributed by atoms with Crippen LogP contribution in [0.1, 0.15) is 23.2 Å². The molecule has 1 fully saturated rings. The number of hydrogen-bond donors (Lipinski definition) is 1. The van der Waals surface area contributed by atoms with Gasteiger partial charge in [-0.15, -0.1) is 0 Å². The SMILES string of the molecule is N#CC(C(=O)NC1CC1)C(=O)c1cc(F)cc(Br)c1. The van der Waals surface area contributed by atoms with Gasteiger partial charge in [0, 0.05) is 16.1 Å². The number of nitriles is 1. The van der Waals surface area contributed by atoms with Crippen LogP contribution in [-0.4, -0.2) is 17.7 Å². The molecule has 2 rings (SSSR count). The molecule has 0 aromatic heterocycles. The van der Waals surface area contributed by atoms with E-state index in [1.165, 1.54) is 12.1 Å². The van der Waals surface area contributed by atoms with E-state index in [0.717, 1.165) is 18.9 Å². The normalized spacial score (nSPS) is 15.4. The van der Waals surface area contributed by atoms with E-state index < -0.39 is 23.4 Å². The second kappa shape index (κ2) is 5.49. The molecule has 1 aromatic rings. The summed E-state index contributed by atoms with van der Waals surface area (Å²) in [5, 5.41) is 11.6. The Morgan fingerprint density at radius 3 is 2.63 bits per heavy atom. The molecule has 4 nitrogen and oxygen atoms in total. The highest BCUT2D eigenvalue weighted by atomic mass is 79.9. The van der Waals surface area contributed by atoms with Crippen molar-refractivity contribution in [1.82, 2.24) is 5.32 Å². The van der Waals surface area contributed by atoms with Crippen molar-refractivity contribution in [2.45, 2.75) is 18.9 Å². The largest absolute Gasteiger partial charge is 0.352 e. The summed E-state index contributed by atoms with van der Waals surface area (Å²) in [6.45, 7) is 0. The summed E-state index contributed by atoms with van der Waals surface area (Å²) in [5.41, 5.74) is 0.00405. The third-order valence-electron chi connectivity index (χ3n) is 2.72. The number of carbonyl (C=O) groups excluding carboxylic acids is 2. The Morgan fingerprint density at radius 1 is 1.42 bits per heavy atom. The first-order valence-electron chi connectivity index (χ1n) is 5.71. The summed E-state index contributed by atoms with van der Waals surface area (Å²) in [6.07, 6.45) is 1.73. The molecule has 1 aliphatic carbocycles. The molecule has 0 heterocycles. The van der Waals surface area contributed by atoms with Gasteiger partial charge in [-0.3, -0.25) is 9.59 Å². The molecular weight excluding hydrogens is 315 g/mol. The number of ketones is 1. The molecule has 1 unspecified atom stereocenters. The van der Waals surface area contributed by atoms with Gasteiger partial charge < -0.3 is 5.32 Å². The number of benzene rings is 1. The molecule has 0 spiro atoms. The van der Waals surface area contributed by atoms with Crippen LogP contribution in [0.5, 0.6) is 0 Å². The number of nitrogens with zero attached hydrogens (tertiary/aromatic N) is 1. The molecule has 1 amide bonds. The van der Waals surface area contributed by atoms with Crippen molar-refractivity contribution in [3.8, 4) is 6.07 Å². The van der Waals surface area contributed by atoms with Crippen LogP contribution in [-0.2, 0) is 4.79 Å². The van der Waals surface area contributed by atoms with Gasteiger partial charge in [0.1, 0.15) is 5.82 Å². The van der Waals surface area contributed by atoms with Crippen LogP contribution < -0.4 is 5.32 Å². The number of amides is 1. The zero-order valence-electron chi connectivity index (χ0n) is 9.82. The lowest BCUT2D eigenvalue weighted by atomic mass is 9.98. The maximum atomic E-state index is 13.2. The van der Waals surface area contributed by atoms with Crippen molar-refractivity contribution < 1.29 is 14.0 Å². The number of carbonyl (C=O) groups is 2. The fourth-order valence-corrected chi connectivity index (χ4v) is 2.08. The summed E-state index contributed by atoms with van der Waals surface area (Å²) in [7, 11) is 0. The Kier molecular flexibility index (Phi) is 3.96. The molecule has 19 heavy (non-hydrogen) atoms. The van der Waals surface area contributed by atoms with Crippen LogP contribution >= 0.6 is 15.9 Å². The van der Waals surface area contributed by atoms with Crippen molar-refractivity contribution in [3.63, 3.8) is 0 Å². The standard InChI is InChI=1S/C13H10BrFN2O2/c14-8-3-7(4-9(15)5-8)12(18)11(6-16)13(19)17-10-1-2-10/h3-5,10-11H,1-2H2,(H,17,19). The molecule has 6 heteroatoms. The van der Waals surface area contributed by atoms with Crippen LogP contribution in [0.15, 0.2) is 22.7 Å². The van der Waals surface area contributed by atoms with Crippen LogP contribution in [0.4, 0.5) is 4.39 Å². The number of Topliss-reactive ketones (excluding diaryl/α,β-unsaturated/α-hetero) is 1. The lowest BCUT2D eigenvalue weighted by Crippen LogP contribution is -2.36. The van der Waals surface area contributed by atoms with E-state index in [4.69, 9.17) is 5.26 Å². The highest BCUT2D eigenvalue weighted by Crippen LogP contribution is 2.21. The van der Waals surface area contributed by atoms with Gasteiger partial charge in [0.2, 0.25) is 5.91 Å². The summed E-state index contributed by atoms with van der Waals surface area (Å²) in [6, 6.07) is 5.34. The van der Waals surface area contributed by atoms with E-state index in [0.29, 0.717) is 4.47 Å². The van der Waals surface area contributed by atoms with Gasteiger partial charge in [0.25, 0.3) is 0 Å². The maximum absolute atomic E-state index is 13.2. The molecule has 0 aliphatic heterocycles. The zero-order valence-corrected chi connectivity index (χ0v) is 11.4. The average Bonchev–Trinajstić information content (AvgIpc) is 3.12. The predicted octanol–water partition coefficient (Wildman–Crippen LogP) is 2.19. The molecule has 1 N–H and O–H groups in total. The van der Waals surface area contributed by atoms with Crippen LogP contribution in [0.2, 0.25) is 0 Å². The third kappa shape index (κ3) is 3.38. The Hall–Kier alpha value is -1.74. The van der Waals surface area contributed by atoms with Crippen molar-refractivity contribution in [2.24, 2.45) is 5.92 Å². The van der Waals surface area contributed by atoms with E-state index >= 15 is 0 Å². The maximum Gasteiger partial charge on any atom is 0.245 e. The summed E-state index contributed by atoms with van der Waals surface area (Å²) < 4.78 is 13.6. The Bertz CT molecular complexity index is 558. The summed E-state index contributed by atoms with van der Waals surface area (Å²) in [5.74, 6) is -3.34. The quantitative estimate of drug-likeness (QED) is 0.681. The lowest BCUT2D eigenvalue weighted by molar-refractivity contribution is -0.122. The molecule has 1 atom stereocenters. The smallest absolute Gasteiger partial charge is 0.245 e. The minimum Gasteiger partial charge on any atom is -0.352 e. The monoisotopic (exact) mass is 324 g/mol. The van der Waals surface area contributed by atoms with Gasteiger partial charge in [0.15, 0.2) is 11.7 Å². The predicted molar refractivity (Wildman–Crippen MR) is 68.7 cm³/mol. The van der Waals surface area contributed by atoms with E-state index in [1.807, 2.05) is 0 Å². The summed E-state index contributed by atoms with van der Waals surface area (Å²) >= 11 is 3.06. The molecule has 0 bridgehead atoms. The molecule has 1 aliphatic rings. The Morgan fingerprint density at radius 2 is 2.11 bits per heavy atom. The average molecular weight is 325 g/mol. The van der Waals surface area contributed by atoms with Crippen molar-refractivity contribution in [2.75, 3.05) is 0 Å². The third-order valence-corrected chi connectivity index (χ3v) is 3.18. The van der Waals surface area contributed by atoms with Gasteiger partial charge in [-0.25, -0.2) is 4.39 Å². The van der Waals surface area contributed by atoms with Gasteiger partial charge in [0.05, 0.1) is 6.07 Å². The fourth-order valence-electron chi connectivity index (χ4n) is 1.61. The Labute approximate surface area is 117 Å². The number of hydrogen-bond acceptors (Lipinski definition) is 3. The first-order chi connectivity index (χ1) is 9.01. The second-order valence-corrected chi connectivity index (χ2v) is 5.28. The number of halogens is 2. The zero-order chi connectivity index (χ0) is 14.0. The Balaban J connectivity index is 2.19. The molecule has 1 aromatic carbocycles. The first kappa shape index (κ1) is 13.7. The molecule has 0 radical (unpaired) electrons. The highest BCUT2D eigenvalue weighted by Gasteiger charge is 2.32. The van der Waals surface area contributed by atoms with Gasteiger partial charge in [-0.2, -0.15) is 5.26 Å². The molecule has 0 saturated heterocycles. The molecule has 1 saturated carbocycles. The van der Waals surface area contributed by atoms with E-state index in [9.17, 15) is 14.0 Å².